The number of rotatable bonds is 7. The fourth-order valence-corrected chi connectivity index (χ4v) is 3.72. The van der Waals surface area contributed by atoms with E-state index < -0.39 is 10.0 Å². The smallest absolute Gasteiger partial charge is 0.251 e. The lowest BCUT2D eigenvalue weighted by Gasteiger charge is -2.11. The van der Waals surface area contributed by atoms with Gasteiger partial charge in [-0.25, -0.2) is 13.1 Å². The van der Waals surface area contributed by atoms with E-state index in [4.69, 9.17) is 4.74 Å². The van der Waals surface area contributed by atoms with Crippen LogP contribution in [0.2, 0.25) is 0 Å². The summed E-state index contributed by atoms with van der Waals surface area (Å²) in [6.07, 6.45) is 3.55. The molecule has 7 nitrogen and oxygen atoms in total. The zero-order valence-corrected chi connectivity index (χ0v) is 15.0. The van der Waals surface area contributed by atoms with Crippen molar-refractivity contribution in [3.8, 4) is 0 Å². The molecule has 2 N–H and O–H groups in total. The van der Waals surface area contributed by atoms with Crippen LogP contribution in [0.25, 0.3) is 0 Å². The lowest BCUT2D eigenvalue weighted by Crippen LogP contribution is -2.32. The van der Waals surface area contributed by atoms with Crippen molar-refractivity contribution in [1.82, 2.24) is 15.0 Å². The highest BCUT2D eigenvalue weighted by molar-refractivity contribution is 7.89. The van der Waals surface area contributed by atoms with Crippen molar-refractivity contribution in [2.75, 3.05) is 13.2 Å². The van der Waals surface area contributed by atoms with Gasteiger partial charge in [0.25, 0.3) is 5.91 Å². The summed E-state index contributed by atoms with van der Waals surface area (Å²) < 4.78 is 32.9. The third-order valence-corrected chi connectivity index (χ3v) is 5.49. The Kier molecular flexibility index (Phi) is 5.97. The van der Waals surface area contributed by atoms with Gasteiger partial charge < -0.3 is 10.1 Å². The van der Waals surface area contributed by atoms with Crippen LogP contribution in [-0.2, 0) is 21.3 Å². The van der Waals surface area contributed by atoms with Crippen molar-refractivity contribution in [2.24, 2.45) is 0 Å². The first kappa shape index (κ1) is 18.5. The van der Waals surface area contributed by atoms with Gasteiger partial charge in [-0.15, -0.1) is 0 Å². The lowest BCUT2D eigenvalue weighted by atomic mass is 10.2. The van der Waals surface area contributed by atoms with Gasteiger partial charge in [0, 0.05) is 24.9 Å². The Balaban J connectivity index is 1.64. The number of sulfonamides is 1. The maximum atomic E-state index is 12.5. The van der Waals surface area contributed by atoms with E-state index in [1.807, 2.05) is 0 Å². The normalized spacial score (nSPS) is 17.2. The maximum absolute atomic E-state index is 12.5. The first-order chi connectivity index (χ1) is 12.5. The Bertz CT molecular complexity index is 850. The van der Waals surface area contributed by atoms with Crippen molar-refractivity contribution in [1.29, 1.82) is 0 Å². The molecule has 0 saturated carbocycles. The molecule has 26 heavy (non-hydrogen) atoms. The summed E-state index contributed by atoms with van der Waals surface area (Å²) in [5, 5.41) is 2.79. The minimum atomic E-state index is -3.74. The van der Waals surface area contributed by atoms with Crippen LogP contribution in [0.3, 0.4) is 0 Å². The highest BCUT2D eigenvalue weighted by Crippen LogP contribution is 2.13. The van der Waals surface area contributed by atoms with Crippen molar-refractivity contribution in [2.45, 2.75) is 30.4 Å². The highest BCUT2D eigenvalue weighted by Gasteiger charge is 2.19. The maximum Gasteiger partial charge on any atom is 0.251 e. The summed E-state index contributed by atoms with van der Waals surface area (Å²) in [5.41, 5.74) is 0.908. The Morgan fingerprint density at radius 1 is 1.23 bits per heavy atom. The average Bonchev–Trinajstić information content (AvgIpc) is 3.19. The number of benzene rings is 1. The number of amides is 1. The van der Waals surface area contributed by atoms with Crippen LogP contribution in [0.1, 0.15) is 28.9 Å². The lowest BCUT2D eigenvalue weighted by molar-refractivity contribution is 0.0857. The second kappa shape index (κ2) is 8.39. The molecule has 3 rings (SSSR count). The van der Waals surface area contributed by atoms with Gasteiger partial charge in [-0.05, 0) is 43.2 Å². The topological polar surface area (TPSA) is 97.4 Å². The van der Waals surface area contributed by atoms with Gasteiger partial charge in [0.05, 0.1) is 23.2 Å². The van der Waals surface area contributed by atoms with E-state index in [0.717, 1.165) is 19.4 Å². The third kappa shape index (κ3) is 4.87. The number of pyridine rings is 1. The summed E-state index contributed by atoms with van der Waals surface area (Å²) in [7, 11) is -3.74. The SMILES string of the molecule is O=C(NCC1CCCO1)c1cccc(S(=O)(=O)NCc2ccccn2)c1. The van der Waals surface area contributed by atoms with Crippen molar-refractivity contribution < 1.29 is 17.9 Å². The summed E-state index contributed by atoms with van der Waals surface area (Å²) in [6, 6.07) is 11.2. The minimum absolute atomic E-state index is 0.0332. The van der Waals surface area contributed by atoms with E-state index in [-0.39, 0.29) is 23.5 Å². The summed E-state index contributed by atoms with van der Waals surface area (Å²) >= 11 is 0. The van der Waals surface area contributed by atoms with Gasteiger partial charge in [-0.3, -0.25) is 9.78 Å². The molecule has 1 fully saturated rings. The molecule has 1 amide bonds. The molecule has 1 aliphatic heterocycles. The van der Waals surface area contributed by atoms with Crippen LogP contribution in [-0.4, -0.2) is 38.6 Å². The number of carbonyl (C=O) groups excluding carboxylic acids is 1. The van der Waals surface area contributed by atoms with Gasteiger partial charge >= 0.3 is 0 Å². The van der Waals surface area contributed by atoms with E-state index in [1.54, 1.807) is 36.5 Å². The molecule has 0 radical (unpaired) electrons. The van der Waals surface area contributed by atoms with Crippen LogP contribution in [0.5, 0.6) is 0 Å². The van der Waals surface area contributed by atoms with Crippen molar-refractivity contribution >= 4 is 15.9 Å². The van der Waals surface area contributed by atoms with Crippen LogP contribution < -0.4 is 10.0 Å². The molecule has 1 aliphatic rings. The molecule has 2 aromatic rings. The number of nitrogens with zero attached hydrogens (tertiary/aromatic N) is 1. The van der Waals surface area contributed by atoms with E-state index in [0.29, 0.717) is 17.8 Å². The second-order valence-electron chi connectivity index (χ2n) is 6.02. The summed E-state index contributed by atoms with van der Waals surface area (Å²) in [6.45, 7) is 1.22. The Labute approximate surface area is 152 Å². The zero-order valence-electron chi connectivity index (χ0n) is 14.2. The highest BCUT2D eigenvalue weighted by atomic mass is 32.2. The van der Waals surface area contributed by atoms with Crippen LogP contribution in [0.4, 0.5) is 0 Å². The number of hydrogen-bond acceptors (Lipinski definition) is 5. The second-order valence-corrected chi connectivity index (χ2v) is 7.79. The molecule has 1 atom stereocenters. The quantitative estimate of drug-likeness (QED) is 0.764. The number of nitrogens with one attached hydrogen (secondary N) is 2. The van der Waals surface area contributed by atoms with Gasteiger partial charge in [-0.2, -0.15) is 0 Å². The van der Waals surface area contributed by atoms with Crippen LogP contribution in [0, 0.1) is 0 Å². The molecule has 0 spiro atoms. The largest absolute Gasteiger partial charge is 0.376 e. The van der Waals surface area contributed by atoms with E-state index in [9.17, 15) is 13.2 Å². The van der Waals surface area contributed by atoms with Crippen molar-refractivity contribution in [3.05, 3.63) is 59.9 Å². The monoisotopic (exact) mass is 375 g/mol. The van der Waals surface area contributed by atoms with E-state index in [1.165, 1.54) is 12.1 Å². The van der Waals surface area contributed by atoms with Gasteiger partial charge in [-0.1, -0.05) is 12.1 Å². The third-order valence-electron chi connectivity index (χ3n) is 4.09. The van der Waals surface area contributed by atoms with Gasteiger partial charge in [0.1, 0.15) is 0 Å². The summed E-state index contributed by atoms with van der Waals surface area (Å²) in [5.74, 6) is -0.317. The van der Waals surface area contributed by atoms with E-state index in [2.05, 4.69) is 15.0 Å². The van der Waals surface area contributed by atoms with Crippen LogP contribution >= 0.6 is 0 Å². The Hall–Kier alpha value is -2.29. The number of ether oxygens (including phenoxy) is 1. The van der Waals surface area contributed by atoms with Gasteiger partial charge in [0.2, 0.25) is 10.0 Å². The molecule has 1 aromatic carbocycles. The molecule has 138 valence electrons. The minimum Gasteiger partial charge on any atom is -0.376 e. The molecule has 0 aliphatic carbocycles. The van der Waals surface area contributed by atoms with Crippen molar-refractivity contribution in [3.63, 3.8) is 0 Å². The first-order valence-electron chi connectivity index (χ1n) is 8.44. The average molecular weight is 375 g/mol. The fourth-order valence-electron chi connectivity index (χ4n) is 2.67. The van der Waals surface area contributed by atoms with Gasteiger partial charge in [0.15, 0.2) is 0 Å². The Morgan fingerprint density at radius 3 is 2.85 bits per heavy atom. The molecule has 0 bridgehead atoms. The molecule has 1 aromatic heterocycles. The molecule has 8 heteroatoms. The molecule has 1 unspecified atom stereocenters. The molecular formula is C18H21N3O4S. The molecule has 1 saturated heterocycles. The number of carbonyl (C=O) groups is 1. The molecule has 2 heterocycles. The van der Waals surface area contributed by atoms with Crippen LogP contribution in [0.15, 0.2) is 53.6 Å². The standard InChI is InChI=1S/C18H21N3O4S/c22-18(20-13-16-7-4-10-25-16)14-5-3-8-17(11-14)26(23,24)21-12-15-6-1-2-9-19-15/h1-3,5-6,8-9,11,16,21H,4,7,10,12-13H2,(H,20,22). The predicted molar refractivity (Wildman–Crippen MR) is 96.0 cm³/mol. The number of aromatic nitrogens is 1. The number of hydrogen-bond donors (Lipinski definition) is 2. The first-order valence-corrected chi connectivity index (χ1v) is 9.92. The predicted octanol–water partition coefficient (Wildman–Crippen LogP) is 1.47. The Morgan fingerprint density at radius 2 is 2.12 bits per heavy atom. The zero-order chi connectivity index (χ0) is 18.4. The summed E-state index contributed by atoms with van der Waals surface area (Å²) in [4.78, 5) is 16.4. The van der Waals surface area contributed by atoms with E-state index >= 15 is 0 Å². The molecular weight excluding hydrogens is 354 g/mol. The fraction of sp³-hybridized carbons (Fsp3) is 0.333.